The van der Waals surface area contributed by atoms with Crippen molar-refractivity contribution in [3.63, 3.8) is 0 Å². The van der Waals surface area contributed by atoms with Crippen molar-refractivity contribution in [3.8, 4) is 0 Å². The van der Waals surface area contributed by atoms with Gasteiger partial charge in [0, 0.05) is 6.92 Å². The molecular formula is C15H24O3S. The van der Waals surface area contributed by atoms with Gasteiger partial charge >= 0.3 is 5.97 Å². The summed E-state index contributed by atoms with van der Waals surface area (Å²) in [7, 11) is 0. The van der Waals surface area contributed by atoms with Crippen molar-refractivity contribution in [2.75, 3.05) is 6.61 Å². The van der Waals surface area contributed by atoms with E-state index in [4.69, 9.17) is 4.74 Å². The third-order valence-corrected chi connectivity index (χ3v) is 3.44. The standard InChI is InChI=1S/C15H24O3S/c1-5-7-8-9-10-11-12-15(4,19-13(3)16)14(17)18-6-2/h9-12H,5-8H2,1-4H3/b10-9+,12-11+/t15-/m1/s1. The van der Waals surface area contributed by atoms with Gasteiger partial charge in [0.25, 0.3) is 0 Å². The van der Waals surface area contributed by atoms with Gasteiger partial charge in [-0.05, 0) is 20.3 Å². The predicted molar refractivity (Wildman–Crippen MR) is 81.1 cm³/mol. The van der Waals surface area contributed by atoms with Gasteiger partial charge in [-0.25, -0.2) is 0 Å². The van der Waals surface area contributed by atoms with E-state index in [0.717, 1.165) is 31.0 Å². The average molecular weight is 284 g/mol. The molecule has 0 aromatic heterocycles. The summed E-state index contributed by atoms with van der Waals surface area (Å²) in [6.07, 6.45) is 10.8. The van der Waals surface area contributed by atoms with Crippen LogP contribution in [0.2, 0.25) is 0 Å². The highest BCUT2D eigenvalue weighted by Gasteiger charge is 2.34. The van der Waals surface area contributed by atoms with E-state index in [9.17, 15) is 9.59 Å². The zero-order chi connectivity index (χ0) is 14.7. The summed E-state index contributed by atoms with van der Waals surface area (Å²) in [5.41, 5.74) is 0. The molecule has 0 N–H and O–H groups in total. The molecule has 0 bridgehead atoms. The summed E-state index contributed by atoms with van der Waals surface area (Å²) in [5.74, 6) is -0.381. The van der Waals surface area contributed by atoms with Crippen LogP contribution in [0.3, 0.4) is 0 Å². The minimum atomic E-state index is -0.947. The quantitative estimate of drug-likeness (QED) is 0.385. The second kappa shape index (κ2) is 9.84. The van der Waals surface area contributed by atoms with Gasteiger partial charge in [-0.3, -0.25) is 9.59 Å². The summed E-state index contributed by atoms with van der Waals surface area (Å²) in [6, 6.07) is 0. The Bertz CT molecular complexity index is 347. The summed E-state index contributed by atoms with van der Waals surface area (Å²) in [4.78, 5) is 23.1. The van der Waals surface area contributed by atoms with Crippen molar-refractivity contribution < 1.29 is 14.3 Å². The highest BCUT2D eigenvalue weighted by atomic mass is 32.2. The van der Waals surface area contributed by atoms with Gasteiger partial charge in [0.1, 0.15) is 4.75 Å². The highest BCUT2D eigenvalue weighted by Crippen LogP contribution is 2.29. The number of hydrogen-bond acceptors (Lipinski definition) is 4. The lowest BCUT2D eigenvalue weighted by molar-refractivity contribution is -0.144. The Morgan fingerprint density at radius 2 is 1.95 bits per heavy atom. The topological polar surface area (TPSA) is 43.4 Å². The Morgan fingerprint density at radius 3 is 2.47 bits per heavy atom. The minimum Gasteiger partial charge on any atom is -0.465 e. The molecule has 0 amide bonds. The lowest BCUT2D eigenvalue weighted by atomic mass is 10.1. The molecule has 0 saturated heterocycles. The van der Waals surface area contributed by atoms with Crippen molar-refractivity contribution in [3.05, 3.63) is 24.3 Å². The first-order chi connectivity index (χ1) is 8.96. The Balaban J connectivity index is 4.66. The molecule has 1 atom stereocenters. The first-order valence-electron chi connectivity index (χ1n) is 6.67. The molecule has 0 fully saturated rings. The SMILES string of the molecule is CCCC/C=C/C=C/[C@@](C)(SC(C)=O)C(=O)OCC. The van der Waals surface area contributed by atoms with Crippen molar-refractivity contribution in [2.24, 2.45) is 0 Å². The third kappa shape index (κ3) is 7.88. The van der Waals surface area contributed by atoms with Gasteiger partial charge in [0.05, 0.1) is 6.61 Å². The molecule has 0 heterocycles. The molecule has 0 saturated carbocycles. The smallest absolute Gasteiger partial charge is 0.326 e. The van der Waals surface area contributed by atoms with Crippen LogP contribution in [0.25, 0.3) is 0 Å². The second-order valence-electron chi connectivity index (χ2n) is 4.35. The van der Waals surface area contributed by atoms with Crippen LogP contribution < -0.4 is 0 Å². The fourth-order valence-electron chi connectivity index (χ4n) is 1.45. The number of allylic oxidation sites excluding steroid dienone is 3. The normalized spacial score (nSPS) is 14.7. The molecule has 19 heavy (non-hydrogen) atoms. The van der Waals surface area contributed by atoms with Gasteiger partial charge in [0.2, 0.25) is 0 Å². The second-order valence-corrected chi connectivity index (χ2v) is 5.98. The summed E-state index contributed by atoms with van der Waals surface area (Å²) >= 11 is 0.984. The van der Waals surface area contributed by atoms with E-state index in [1.54, 1.807) is 19.9 Å². The molecule has 0 aliphatic rings. The number of ether oxygens (including phenoxy) is 1. The number of carbonyl (C=O) groups is 2. The highest BCUT2D eigenvalue weighted by molar-refractivity contribution is 8.15. The van der Waals surface area contributed by atoms with Crippen LogP contribution in [0.15, 0.2) is 24.3 Å². The van der Waals surface area contributed by atoms with Crippen LogP contribution in [0.4, 0.5) is 0 Å². The number of unbranched alkanes of at least 4 members (excludes halogenated alkanes) is 2. The van der Waals surface area contributed by atoms with Gasteiger partial charge in [-0.15, -0.1) is 0 Å². The molecule has 0 unspecified atom stereocenters. The van der Waals surface area contributed by atoms with Crippen molar-refractivity contribution in [1.29, 1.82) is 0 Å². The molecule has 4 heteroatoms. The lowest BCUT2D eigenvalue weighted by Crippen LogP contribution is -2.32. The van der Waals surface area contributed by atoms with Crippen LogP contribution in [-0.4, -0.2) is 22.4 Å². The third-order valence-electron chi connectivity index (χ3n) is 2.42. The van der Waals surface area contributed by atoms with E-state index >= 15 is 0 Å². The number of rotatable bonds is 8. The summed E-state index contributed by atoms with van der Waals surface area (Å²) in [5, 5.41) is -0.102. The molecule has 3 nitrogen and oxygen atoms in total. The van der Waals surface area contributed by atoms with Crippen LogP contribution >= 0.6 is 11.8 Å². The molecule has 0 spiro atoms. The summed E-state index contributed by atoms with van der Waals surface area (Å²) in [6.45, 7) is 7.36. The average Bonchev–Trinajstić information content (AvgIpc) is 2.33. The number of thioether (sulfide) groups is 1. The van der Waals surface area contributed by atoms with E-state index < -0.39 is 4.75 Å². The largest absolute Gasteiger partial charge is 0.465 e. The summed E-state index contributed by atoms with van der Waals surface area (Å²) < 4.78 is 4.07. The Labute approximate surface area is 120 Å². The van der Waals surface area contributed by atoms with Crippen LogP contribution in [0.5, 0.6) is 0 Å². The maximum Gasteiger partial charge on any atom is 0.326 e. The molecule has 0 aliphatic heterocycles. The maximum atomic E-state index is 11.9. The number of esters is 1. The fourth-order valence-corrected chi connectivity index (χ4v) is 2.34. The molecule has 0 aromatic carbocycles. The van der Waals surface area contributed by atoms with Crippen LogP contribution in [0.1, 0.15) is 47.0 Å². The maximum absolute atomic E-state index is 11.9. The van der Waals surface area contributed by atoms with Crippen molar-refractivity contribution in [1.82, 2.24) is 0 Å². The van der Waals surface area contributed by atoms with E-state index in [1.807, 2.05) is 12.2 Å². The Kier molecular flexibility index (Phi) is 9.31. The minimum absolute atomic E-state index is 0.102. The molecule has 0 rings (SSSR count). The molecule has 0 aromatic rings. The van der Waals surface area contributed by atoms with Gasteiger partial charge in [0.15, 0.2) is 5.12 Å². The first kappa shape index (κ1) is 18.0. The van der Waals surface area contributed by atoms with E-state index in [0.29, 0.717) is 6.61 Å². The van der Waals surface area contributed by atoms with E-state index in [1.165, 1.54) is 6.92 Å². The molecule has 0 radical (unpaired) electrons. The zero-order valence-electron chi connectivity index (χ0n) is 12.3. The fraction of sp³-hybridized carbons (Fsp3) is 0.600. The van der Waals surface area contributed by atoms with E-state index in [2.05, 4.69) is 13.0 Å². The monoisotopic (exact) mass is 284 g/mol. The van der Waals surface area contributed by atoms with E-state index in [-0.39, 0.29) is 11.1 Å². The Morgan fingerprint density at radius 1 is 1.26 bits per heavy atom. The molecule has 0 aliphatic carbocycles. The first-order valence-corrected chi connectivity index (χ1v) is 7.49. The predicted octanol–water partition coefficient (Wildman–Crippen LogP) is 3.89. The molecule has 108 valence electrons. The van der Waals surface area contributed by atoms with Gasteiger partial charge in [-0.2, -0.15) is 0 Å². The zero-order valence-corrected chi connectivity index (χ0v) is 13.1. The van der Waals surface area contributed by atoms with Crippen molar-refractivity contribution >= 4 is 22.8 Å². The van der Waals surface area contributed by atoms with Crippen molar-refractivity contribution in [2.45, 2.75) is 51.7 Å². The van der Waals surface area contributed by atoms with Gasteiger partial charge < -0.3 is 4.74 Å². The van der Waals surface area contributed by atoms with Gasteiger partial charge in [-0.1, -0.05) is 55.8 Å². The van der Waals surface area contributed by atoms with Crippen LogP contribution in [-0.2, 0) is 14.3 Å². The lowest BCUT2D eigenvalue weighted by Gasteiger charge is -2.21. The number of hydrogen-bond donors (Lipinski definition) is 0. The molecular weight excluding hydrogens is 260 g/mol. The Hall–Kier alpha value is -1.03. The van der Waals surface area contributed by atoms with Crippen LogP contribution in [0, 0.1) is 0 Å². The number of carbonyl (C=O) groups excluding carboxylic acids is 2.